The molecule has 0 saturated carbocycles. The SMILES string of the molecule is CCCCCCCCCCCC[C-](C)CCCC.O=C(O)CC(=O)O.[Na+]. The largest absolute Gasteiger partial charge is 1.00 e. The Morgan fingerprint density at radius 1 is 0.654 bits per heavy atom. The summed E-state index contributed by atoms with van der Waals surface area (Å²) in [7, 11) is 0. The Bertz CT molecular complexity index is 296. The molecular weight excluding hydrogens is 339 g/mol. The number of aliphatic carboxylic acids is 2. The van der Waals surface area contributed by atoms with Gasteiger partial charge >= 0.3 is 41.5 Å². The van der Waals surface area contributed by atoms with Gasteiger partial charge in [-0.3, -0.25) is 9.59 Å². The van der Waals surface area contributed by atoms with Gasteiger partial charge in [0.1, 0.15) is 6.42 Å². The van der Waals surface area contributed by atoms with Crippen molar-refractivity contribution in [2.75, 3.05) is 0 Å². The zero-order chi connectivity index (χ0) is 19.3. The molecule has 0 spiro atoms. The van der Waals surface area contributed by atoms with Crippen LogP contribution in [0, 0.1) is 5.92 Å². The molecule has 0 saturated heterocycles. The number of carboxylic acids is 2. The van der Waals surface area contributed by atoms with E-state index in [0.717, 1.165) is 0 Å². The Morgan fingerprint density at radius 2 is 1.00 bits per heavy atom. The standard InChI is InChI=1S/C18H37.C3H4O4.Na/c1-4-6-8-9-10-11-12-13-14-15-17-18(3)16-7-5-2;4-2(5)1-3(6)7;/h4-17H2,1-3H3;1H2,(H,4,5)(H,6,7);/q-1;;+1. The first kappa shape index (κ1) is 30.7. The van der Waals surface area contributed by atoms with Gasteiger partial charge in [-0.2, -0.15) is 19.8 Å². The van der Waals surface area contributed by atoms with Crippen LogP contribution in [0.1, 0.15) is 117 Å². The number of carboxylic acid groups (broad SMARTS) is 2. The average Bonchev–Trinajstić information content (AvgIpc) is 2.54. The molecule has 0 aromatic heterocycles. The second-order valence-corrected chi connectivity index (χ2v) is 6.96. The van der Waals surface area contributed by atoms with Crippen molar-refractivity contribution in [3.8, 4) is 0 Å². The maximum Gasteiger partial charge on any atom is 1.00 e. The van der Waals surface area contributed by atoms with Crippen molar-refractivity contribution in [2.45, 2.75) is 117 Å². The van der Waals surface area contributed by atoms with Crippen LogP contribution >= 0.6 is 0 Å². The minimum Gasteiger partial charge on any atom is -0.481 e. The van der Waals surface area contributed by atoms with Crippen LogP contribution in [0.3, 0.4) is 0 Å². The van der Waals surface area contributed by atoms with Gasteiger partial charge in [0.15, 0.2) is 0 Å². The van der Waals surface area contributed by atoms with Crippen LogP contribution in [0.15, 0.2) is 0 Å². The maximum atomic E-state index is 9.43. The third kappa shape index (κ3) is 31.7. The molecular formula is C21H41NaO4. The molecule has 0 aliphatic carbocycles. The van der Waals surface area contributed by atoms with Gasteiger partial charge in [-0.25, -0.2) is 0 Å². The number of hydrogen-bond acceptors (Lipinski definition) is 2. The van der Waals surface area contributed by atoms with Gasteiger partial charge in [0.2, 0.25) is 0 Å². The zero-order valence-electron chi connectivity index (χ0n) is 17.8. The summed E-state index contributed by atoms with van der Waals surface area (Å²) in [5.41, 5.74) is 0. The quantitative estimate of drug-likeness (QED) is 0.186. The maximum absolute atomic E-state index is 9.43. The molecule has 0 aliphatic heterocycles. The fraction of sp³-hybridized carbons (Fsp3) is 0.857. The third-order valence-electron chi connectivity index (χ3n) is 4.22. The van der Waals surface area contributed by atoms with Gasteiger partial charge in [0.05, 0.1) is 0 Å². The van der Waals surface area contributed by atoms with E-state index >= 15 is 0 Å². The molecule has 150 valence electrons. The Kier molecular flexibility index (Phi) is 29.4. The number of unbranched alkanes of at least 4 members (excludes halogenated alkanes) is 10. The van der Waals surface area contributed by atoms with Gasteiger partial charge in [0, 0.05) is 0 Å². The molecule has 0 aromatic rings. The van der Waals surface area contributed by atoms with Crippen molar-refractivity contribution in [3.63, 3.8) is 0 Å². The van der Waals surface area contributed by atoms with Gasteiger partial charge in [-0.05, 0) is 0 Å². The first-order valence-corrected chi connectivity index (χ1v) is 10.2. The van der Waals surface area contributed by atoms with E-state index in [2.05, 4.69) is 20.8 Å². The Morgan fingerprint density at radius 3 is 1.35 bits per heavy atom. The second kappa shape index (κ2) is 24.9. The van der Waals surface area contributed by atoms with E-state index in [4.69, 9.17) is 10.2 Å². The van der Waals surface area contributed by atoms with E-state index in [9.17, 15) is 9.59 Å². The van der Waals surface area contributed by atoms with Crippen LogP contribution in [-0.2, 0) is 9.59 Å². The molecule has 0 amide bonds. The Balaban J connectivity index is -0.000000561. The summed E-state index contributed by atoms with van der Waals surface area (Å²) in [5.74, 6) is -0.892. The van der Waals surface area contributed by atoms with Crippen molar-refractivity contribution in [2.24, 2.45) is 0 Å². The van der Waals surface area contributed by atoms with Gasteiger partial charge < -0.3 is 16.1 Å². The van der Waals surface area contributed by atoms with E-state index in [1.807, 2.05) is 0 Å². The molecule has 0 unspecified atom stereocenters. The van der Waals surface area contributed by atoms with E-state index < -0.39 is 18.4 Å². The normalized spacial score (nSPS) is 10.0. The second-order valence-electron chi connectivity index (χ2n) is 6.96. The van der Waals surface area contributed by atoms with Crippen molar-refractivity contribution < 1.29 is 49.4 Å². The Labute approximate surface area is 183 Å². The summed E-state index contributed by atoms with van der Waals surface area (Å²) in [6, 6.07) is 0. The van der Waals surface area contributed by atoms with Crippen molar-refractivity contribution in [1.82, 2.24) is 0 Å². The smallest absolute Gasteiger partial charge is 0.481 e. The molecule has 0 rings (SSSR count). The molecule has 0 heterocycles. The monoisotopic (exact) mass is 380 g/mol. The minimum atomic E-state index is -1.31. The molecule has 0 fully saturated rings. The molecule has 0 atom stereocenters. The van der Waals surface area contributed by atoms with Crippen LogP contribution in [-0.4, -0.2) is 22.2 Å². The van der Waals surface area contributed by atoms with Gasteiger partial charge in [-0.1, -0.05) is 90.9 Å². The predicted octanol–water partition coefficient (Wildman–Crippen LogP) is 3.63. The first-order valence-electron chi connectivity index (χ1n) is 10.2. The summed E-state index contributed by atoms with van der Waals surface area (Å²) in [6.07, 6.45) is 19.2. The van der Waals surface area contributed by atoms with Gasteiger partial charge in [-0.15, -0.1) is 0 Å². The van der Waals surface area contributed by atoms with Crippen LogP contribution in [0.2, 0.25) is 0 Å². The van der Waals surface area contributed by atoms with Crippen molar-refractivity contribution >= 4 is 11.9 Å². The minimum absolute atomic E-state index is 0. The zero-order valence-corrected chi connectivity index (χ0v) is 19.8. The Hall–Kier alpha value is -0.0600. The molecule has 0 bridgehead atoms. The summed E-state index contributed by atoms with van der Waals surface area (Å²) >= 11 is 0. The molecule has 4 nitrogen and oxygen atoms in total. The van der Waals surface area contributed by atoms with E-state index in [1.54, 1.807) is 5.92 Å². The molecule has 2 N–H and O–H groups in total. The van der Waals surface area contributed by atoms with Crippen LogP contribution in [0.4, 0.5) is 0 Å². The molecule has 26 heavy (non-hydrogen) atoms. The number of carbonyl (C=O) groups is 2. The topological polar surface area (TPSA) is 74.6 Å². The van der Waals surface area contributed by atoms with Crippen LogP contribution in [0.5, 0.6) is 0 Å². The summed E-state index contributed by atoms with van der Waals surface area (Å²) < 4.78 is 0. The molecule has 5 heteroatoms. The summed E-state index contributed by atoms with van der Waals surface area (Å²) in [5, 5.41) is 15.4. The molecule has 0 aliphatic rings. The first-order chi connectivity index (χ1) is 11.9. The molecule has 0 radical (unpaired) electrons. The van der Waals surface area contributed by atoms with Crippen LogP contribution in [0.25, 0.3) is 0 Å². The van der Waals surface area contributed by atoms with E-state index in [1.165, 1.54) is 89.9 Å². The van der Waals surface area contributed by atoms with E-state index in [0.29, 0.717) is 0 Å². The molecule has 0 aromatic carbocycles. The van der Waals surface area contributed by atoms with Crippen molar-refractivity contribution in [3.05, 3.63) is 5.92 Å². The summed E-state index contributed by atoms with van der Waals surface area (Å²) in [6.45, 7) is 6.93. The fourth-order valence-electron chi connectivity index (χ4n) is 2.65. The van der Waals surface area contributed by atoms with Crippen molar-refractivity contribution in [1.29, 1.82) is 0 Å². The van der Waals surface area contributed by atoms with Crippen LogP contribution < -0.4 is 29.6 Å². The van der Waals surface area contributed by atoms with Gasteiger partial charge in [0.25, 0.3) is 0 Å². The average molecular weight is 381 g/mol. The number of rotatable bonds is 16. The predicted molar refractivity (Wildman–Crippen MR) is 105 cm³/mol. The number of hydrogen-bond donors (Lipinski definition) is 2. The van der Waals surface area contributed by atoms with E-state index in [-0.39, 0.29) is 29.6 Å². The summed E-state index contributed by atoms with van der Waals surface area (Å²) in [4.78, 5) is 18.9. The fourth-order valence-corrected chi connectivity index (χ4v) is 2.65. The third-order valence-corrected chi connectivity index (χ3v) is 4.22.